The minimum absolute atomic E-state index is 0.150. The molecule has 0 saturated heterocycles. The van der Waals surface area contributed by atoms with Gasteiger partial charge in [-0.25, -0.2) is 0 Å². The molecule has 104 valence electrons. The maximum atomic E-state index is 12.1. The van der Waals surface area contributed by atoms with Crippen molar-refractivity contribution in [3.05, 3.63) is 58.6 Å². The maximum Gasteiger partial charge on any atom is 0.255 e. The molecular formula is C15H15ClN2O2. The molecule has 0 bridgehead atoms. The molecule has 0 aromatic heterocycles. The van der Waals surface area contributed by atoms with Gasteiger partial charge in [-0.15, -0.1) is 0 Å². The zero-order valence-corrected chi connectivity index (χ0v) is 11.7. The van der Waals surface area contributed by atoms with Crippen LogP contribution in [0.2, 0.25) is 5.02 Å². The quantitative estimate of drug-likeness (QED) is 0.760. The second-order valence-corrected chi connectivity index (χ2v) is 4.92. The van der Waals surface area contributed by atoms with E-state index >= 15 is 0 Å². The Bertz CT molecular complexity index is 644. The van der Waals surface area contributed by atoms with E-state index in [0.29, 0.717) is 10.7 Å². The summed E-state index contributed by atoms with van der Waals surface area (Å²) in [6, 6.07) is 11.4. The van der Waals surface area contributed by atoms with Crippen molar-refractivity contribution in [2.24, 2.45) is 0 Å². The van der Waals surface area contributed by atoms with Gasteiger partial charge in [-0.2, -0.15) is 0 Å². The predicted molar refractivity (Wildman–Crippen MR) is 79.9 cm³/mol. The Morgan fingerprint density at radius 1 is 1.30 bits per heavy atom. The molecule has 1 amide bonds. The third-order valence-corrected chi connectivity index (χ3v) is 3.25. The number of halogens is 1. The lowest BCUT2D eigenvalue weighted by atomic mass is 10.1. The normalized spacial score (nSPS) is 11.9. The van der Waals surface area contributed by atoms with Crippen LogP contribution in [0.4, 0.5) is 5.69 Å². The van der Waals surface area contributed by atoms with Crippen LogP contribution in [0.5, 0.6) is 5.75 Å². The summed E-state index contributed by atoms with van der Waals surface area (Å²) in [5.41, 5.74) is 7.48. The second-order valence-electron chi connectivity index (χ2n) is 4.49. The van der Waals surface area contributed by atoms with Gasteiger partial charge >= 0.3 is 0 Å². The molecule has 1 atom stereocenters. The summed E-state index contributed by atoms with van der Waals surface area (Å²) in [7, 11) is 0. The summed E-state index contributed by atoms with van der Waals surface area (Å²) in [6.07, 6.45) is 0. The Morgan fingerprint density at radius 2 is 2.00 bits per heavy atom. The fourth-order valence-corrected chi connectivity index (χ4v) is 2.12. The van der Waals surface area contributed by atoms with E-state index in [4.69, 9.17) is 17.3 Å². The Morgan fingerprint density at radius 3 is 2.65 bits per heavy atom. The van der Waals surface area contributed by atoms with Gasteiger partial charge in [-0.3, -0.25) is 4.79 Å². The van der Waals surface area contributed by atoms with Crippen LogP contribution in [-0.4, -0.2) is 11.0 Å². The number of benzene rings is 2. The number of carbonyl (C=O) groups excluding carboxylic acids is 1. The van der Waals surface area contributed by atoms with Gasteiger partial charge in [0.05, 0.1) is 11.6 Å². The zero-order valence-electron chi connectivity index (χ0n) is 10.9. The van der Waals surface area contributed by atoms with Crippen LogP contribution >= 0.6 is 11.6 Å². The predicted octanol–water partition coefficient (Wildman–Crippen LogP) is 3.12. The van der Waals surface area contributed by atoms with Crippen LogP contribution in [0.3, 0.4) is 0 Å². The van der Waals surface area contributed by atoms with E-state index < -0.39 is 0 Å². The monoisotopic (exact) mass is 290 g/mol. The van der Waals surface area contributed by atoms with Gasteiger partial charge in [0.15, 0.2) is 0 Å². The smallest absolute Gasteiger partial charge is 0.255 e. The van der Waals surface area contributed by atoms with Crippen LogP contribution < -0.4 is 11.1 Å². The Kier molecular flexibility index (Phi) is 4.15. The topological polar surface area (TPSA) is 75.3 Å². The Hall–Kier alpha value is -2.20. The molecule has 5 heteroatoms. The molecule has 2 aromatic rings. The SMILES string of the molecule is CC(NC(=O)c1ccc(Cl)cc1O)c1ccccc1N. The lowest BCUT2D eigenvalue weighted by molar-refractivity contribution is 0.0937. The number of phenolic OH excluding ortho intramolecular Hbond substituents is 1. The first kappa shape index (κ1) is 14.2. The summed E-state index contributed by atoms with van der Waals surface area (Å²) in [4.78, 5) is 12.1. The minimum atomic E-state index is -0.380. The largest absolute Gasteiger partial charge is 0.507 e. The molecule has 4 N–H and O–H groups in total. The molecule has 0 aliphatic carbocycles. The van der Waals surface area contributed by atoms with Crippen LogP contribution in [0.1, 0.15) is 28.9 Å². The van der Waals surface area contributed by atoms with Crippen molar-refractivity contribution in [3.8, 4) is 5.75 Å². The number of anilines is 1. The number of para-hydroxylation sites is 1. The standard InChI is InChI=1S/C15H15ClN2O2/c1-9(11-4-2-3-5-13(11)17)18-15(20)12-7-6-10(16)8-14(12)19/h2-9,19H,17H2,1H3,(H,18,20). The molecular weight excluding hydrogens is 276 g/mol. The van der Waals surface area contributed by atoms with Gasteiger partial charge in [0, 0.05) is 10.7 Å². The fraction of sp³-hybridized carbons (Fsp3) is 0.133. The third-order valence-electron chi connectivity index (χ3n) is 3.01. The number of amides is 1. The van der Waals surface area contributed by atoms with Crippen LogP contribution in [0.15, 0.2) is 42.5 Å². The molecule has 0 aliphatic heterocycles. The van der Waals surface area contributed by atoms with E-state index in [1.807, 2.05) is 25.1 Å². The summed E-state index contributed by atoms with van der Waals surface area (Å²) in [5.74, 6) is -0.529. The highest BCUT2D eigenvalue weighted by molar-refractivity contribution is 6.30. The van der Waals surface area contributed by atoms with Gasteiger partial charge in [-0.05, 0) is 36.8 Å². The molecule has 20 heavy (non-hydrogen) atoms. The number of hydrogen-bond donors (Lipinski definition) is 3. The van der Waals surface area contributed by atoms with E-state index in [1.54, 1.807) is 12.1 Å². The van der Waals surface area contributed by atoms with Crippen LogP contribution in [0, 0.1) is 0 Å². The first-order valence-corrected chi connectivity index (χ1v) is 6.50. The van der Waals surface area contributed by atoms with Crippen molar-refractivity contribution in [1.82, 2.24) is 5.32 Å². The third kappa shape index (κ3) is 3.03. The van der Waals surface area contributed by atoms with Crippen LogP contribution in [-0.2, 0) is 0 Å². The first-order valence-electron chi connectivity index (χ1n) is 6.13. The molecule has 2 aromatic carbocycles. The minimum Gasteiger partial charge on any atom is -0.507 e. The molecule has 1 unspecified atom stereocenters. The molecule has 0 fully saturated rings. The number of hydrogen-bond acceptors (Lipinski definition) is 3. The van der Waals surface area contributed by atoms with Crippen molar-refractivity contribution >= 4 is 23.2 Å². The van der Waals surface area contributed by atoms with Crippen molar-refractivity contribution in [3.63, 3.8) is 0 Å². The summed E-state index contributed by atoms with van der Waals surface area (Å²) >= 11 is 5.74. The van der Waals surface area contributed by atoms with E-state index in [-0.39, 0.29) is 23.3 Å². The molecule has 0 aliphatic rings. The van der Waals surface area contributed by atoms with Gasteiger partial charge in [-0.1, -0.05) is 29.8 Å². The number of phenols is 1. The number of carbonyl (C=O) groups is 1. The maximum absolute atomic E-state index is 12.1. The number of nitrogens with one attached hydrogen (secondary N) is 1. The van der Waals surface area contributed by atoms with E-state index in [1.165, 1.54) is 12.1 Å². The fourth-order valence-electron chi connectivity index (χ4n) is 1.95. The summed E-state index contributed by atoms with van der Waals surface area (Å²) in [6.45, 7) is 1.83. The average molecular weight is 291 g/mol. The van der Waals surface area contributed by atoms with Gasteiger partial charge in [0.25, 0.3) is 5.91 Å². The molecule has 4 nitrogen and oxygen atoms in total. The molecule has 0 radical (unpaired) electrons. The van der Waals surface area contributed by atoms with Crippen molar-refractivity contribution in [2.45, 2.75) is 13.0 Å². The number of nitrogens with two attached hydrogens (primary N) is 1. The van der Waals surface area contributed by atoms with E-state index in [9.17, 15) is 9.90 Å². The van der Waals surface area contributed by atoms with Gasteiger partial charge in [0.2, 0.25) is 0 Å². The summed E-state index contributed by atoms with van der Waals surface area (Å²) in [5, 5.41) is 12.9. The van der Waals surface area contributed by atoms with Crippen LogP contribution in [0.25, 0.3) is 0 Å². The van der Waals surface area contributed by atoms with Gasteiger partial charge < -0.3 is 16.2 Å². The highest BCUT2D eigenvalue weighted by Crippen LogP contribution is 2.24. The van der Waals surface area contributed by atoms with E-state index in [0.717, 1.165) is 5.56 Å². The number of aromatic hydroxyl groups is 1. The zero-order chi connectivity index (χ0) is 14.7. The average Bonchev–Trinajstić information content (AvgIpc) is 2.38. The Labute approximate surface area is 122 Å². The summed E-state index contributed by atoms with van der Waals surface area (Å²) < 4.78 is 0. The van der Waals surface area contributed by atoms with Crippen molar-refractivity contribution in [2.75, 3.05) is 5.73 Å². The van der Waals surface area contributed by atoms with Crippen molar-refractivity contribution < 1.29 is 9.90 Å². The highest BCUT2D eigenvalue weighted by atomic mass is 35.5. The lowest BCUT2D eigenvalue weighted by Gasteiger charge is -2.16. The lowest BCUT2D eigenvalue weighted by Crippen LogP contribution is -2.27. The van der Waals surface area contributed by atoms with E-state index in [2.05, 4.69) is 5.32 Å². The van der Waals surface area contributed by atoms with Crippen molar-refractivity contribution in [1.29, 1.82) is 0 Å². The first-order chi connectivity index (χ1) is 9.49. The second kappa shape index (κ2) is 5.84. The van der Waals surface area contributed by atoms with Gasteiger partial charge in [0.1, 0.15) is 5.75 Å². The Balaban J connectivity index is 2.17. The molecule has 0 spiro atoms. The number of rotatable bonds is 3. The molecule has 2 rings (SSSR count). The highest BCUT2D eigenvalue weighted by Gasteiger charge is 2.16. The number of nitrogen functional groups attached to an aromatic ring is 1. The molecule has 0 heterocycles. The molecule has 0 saturated carbocycles.